The average molecular weight is 333 g/mol. The summed E-state index contributed by atoms with van der Waals surface area (Å²) >= 11 is 0. The van der Waals surface area contributed by atoms with Crippen molar-refractivity contribution < 1.29 is 23.1 Å². The molecule has 0 aromatic rings. The maximum absolute atomic E-state index is 12.7. The number of likely N-dealkylation sites (tertiary alicyclic amines) is 1. The number of amides is 1. The fourth-order valence-corrected chi connectivity index (χ4v) is 3.29. The number of nitrogens with zero attached hydrogens (tertiary/aromatic N) is 2. The molecule has 2 rings (SSSR count). The summed E-state index contributed by atoms with van der Waals surface area (Å²) in [6.45, 7) is -0.0384. The van der Waals surface area contributed by atoms with Crippen molar-refractivity contribution >= 4 is 5.91 Å². The van der Waals surface area contributed by atoms with E-state index in [9.17, 15) is 28.3 Å². The predicted molar refractivity (Wildman–Crippen MR) is 76.3 cm³/mol. The average Bonchev–Trinajstić information content (AvgIpc) is 2.49. The van der Waals surface area contributed by atoms with Gasteiger partial charge in [0.25, 0.3) is 0 Å². The molecule has 0 bridgehead atoms. The quantitative estimate of drug-likeness (QED) is 0.824. The van der Waals surface area contributed by atoms with Crippen molar-refractivity contribution in [3.05, 3.63) is 0 Å². The Morgan fingerprint density at radius 2 is 1.74 bits per heavy atom. The Balaban J connectivity index is 1.84. The molecule has 5 nitrogen and oxygen atoms in total. The van der Waals surface area contributed by atoms with Crippen LogP contribution in [0.25, 0.3) is 0 Å². The SMILES string of the molecule is N#CC1(NC(=O)CN2CCC(O)(C(F)(F)F)CC2)CCCCC1. The van der Waals surface area contributed by atoms with E-state index in [2.05, 4.69) is 11.4 Å². The van der Waals surface area contributed by atoms with Gasteiger partial charge in [0.1, 0.15) is 5.54 Å². The van der Waals surface area contributed by atoms with Crippen LogP contribution in [0.4, 0.5) is 13.2 Å². The maximum atomic E-state index is 12.7. The van der Waals surface area contributed by atoms with Crippen molar-refractivity contribution in [2.45, 2.75) is 62.3 Å². The lowest BCUT2D eigenvalue weighted by molar-refractivity contribution is -0.272. The van der Waals surface area contributed by atoms with Crippen LogP contribution in [0.15, 0.2) is 0 Å². The molecule has 0 atom stereocenters. The van der Waals surface area contributed by atoms with Gasteiger partial charge in [-0.2, -0.15) is 18.4 Å². The minimum absolute atomic E-state index is 0.00296. The normalized spacial score (nSPS) is 24.7. The van der Waals surface area contributed by atoms with E-state index in [1.807, 2.05) is 0 Å². The third-order valence-corrected chi connectivity index (χ3v) is 4.88. The highest BCUT2D eigenvalue weighted by atomic mass is 19.4. The van der Waals surface area contributed by atoms with Crippen LogP contribution >= 0.6 is 0 Å². The van der Waals surface area contributed by atoms with Gasteiger partial charge in [0.05, 0.1) is 12.6 Å². The number of carbonyl (C=O) groups is 1. The van der Waals surface area contributed by atoms with Gasteiger partial charge in [-0.1, -0.05) is 19.3 Å². The smallest absolute Gasteiger partial charge is 0.380 e. The Labute approximate surface area is 133 Å². The number of nitriles is 1. The fourth-order valence-electron chi connectivity index (χ4n) is 3.29. The number of rotatable bonds is 3. The second kappa shape index (κ2) is 6.65. The molecular weight excluding hydrogens is 311 g/mol. The van der Waals surface area contributed by atoms with Crippen LogP contribution in [0, 0.1) is 11.3 Å². The van der Waals surface area contributed by atoms with Crippen molar-refractivity contribution in [2.24, 2.45) is 0 Å². The molecule has 2 N–H and O–H groups in total. The molecular formula is C15H22F3N3O2. The van der Waals surface area contributed by atoms with Crippen molar-refractivity contribution in [1.29, 1.82) is 5.26 Å². The molecule has 2 aliphatic rings. The first-order chi connectivity index (χ1) is 10.7. The van der Waals surface area contributed by atoms with Crippen LogP contribution in [0.1, 0.15) is 44.9 Å². The molecule has 2 fully saturated rings. The number of halogens is 3. The molecule has 1 saturated heterocycles. The highest BCUT2D eigenvalue weighted by Gasteiger charge is 2.54. The Kier molecular flexibility index (Phi) is 5.21. The lowest BCUT2D eigenvalue weighted by Gasteiger charge is -2.39. The summed E-state index contributed by atoms with van der Waals surface area (Å²) in [4.78, 5) is 13.7. The molecule has 8 heteroatoms. The minimum Gasteiger partial charge on any atom is -0.380 e. The van der Waals surface area contributed by atoms with Crippen LogP contribution in [0.3, 0.4) is 0 Å². The molecule has 1 saturated carbocycles. The van der Waals surface area contributed by atoms with E-state index in [-0.39, 0.29) is 25.5 Å². The molecule has 0 spiro atoms. The second-order valence-electron chi connectivity index (χ2n) is 6.61. The molecule has 0 aromatic heterocycles. The lowest BCUT2D eigenvalue weighted by Crippen LogP contribution is -2.56. The summed E-state index contributed by atoms with van der Waals surface area (Å²) in [5, 5.41) is 21.7. The van der Waals surface area contributed by atoms with E-state index in [1.165, 1.54) is 0 Å². The van der Waals surface area contributed by atoms with E-state index in [0.717, 1.165) is 19.3 Å². The van der Waals surface area contributed by atoms with Gasteiger partial charge in [0.2, 0.25) is 5.91 Å². The standard InChI is InChI=1S/C15H22F3N3O2/c16-15(17,18)14(23)6-8-21(9-7-14)10-12(22)20-13(11-19)4-2-1-3-5-13/h23H,1-10H2,(H,20,22). The second-order valence-corrected chi connectivity index (χ2v) is 6.61. The van der Waals surface area contributed by atoms with E-state index in [1.54, 1.807) is 4.90 Å². The Hall–Kier alpha value is -1.33. The van der Waals surface area contributed by atoms with Gasteiger partial charge in [-0.05, 0) is 25.7 Å². The maximum Gasteiger partial charge on any atom is 0.417 e. The highest BCUT2D eigenvalue weighted by Crippen LogP contribution is 2.38. The molecule has 0 aromatic carbocycles. The number of nitrogens with one attached hydrogen (secondary N) is 1. The molecule has 1 amide bonds. The van der Waals surface area contributed by atoms with Crippen LogP contribution < -0.4 is 5.32 Å². The van der Waals surface area contributed by atoms with E-state index < -0.39 is 30.2 Å². The number of hydrogen-bond donors (Lipinski definition) is 2. The number of piperidine rings is 1. The summed E-state index contributed by atoms with van der Waals surface area (Å²) in [7, 11) is 0. The van der Waals surface area contributed by atoms with Crippen LogP contribution in [0.2, 0.25) is 0 Å². The lowest BCUT2D eigenvalue weighted by atomic mass is 9.83. The first kappa shape index (κ1) is 18.0. The number of aliphatic hydroxyl groups is 1. The van der Waals surface area contributed by atoms with E-state index >= 15 is 0 Å². The summed E-state index contributed by atoms with van der Waals surface area (Å²) < 4.78 is 38.2. The van der Waals surface area contributed by atoms with Crippen molar-refractivity contribution in [3.8, 4) is 6.07 Å². The largest absolute Gasteiger partial charge is 0.417 e. The topological polar surface area (TPSA) is 76.4 Å². The van der Waals surface area contributed by atoms with Gasteiger partial charge in [-0.25, -0.2) is 0 Å². The molecule has 1 aliphatic heterocycles. The van der Waals surface area contributed by atoms with Gasteiger partial charge in [0.15, 0.2) is 5.60 Å². The highest BCUT2D eigenvalue weighted by molar-refractivity contribution is 5.79. The Bertz CT molecular complexity index is 473. The molecule has 1 heterocycles. The van der Waals surface area contributed by atoms with Crippen LogP contribution in [-0.4, -0.2) is 52.9 Å². The van der Waals surface area contributed by atoms with Gasteiger partial charge >= 0.3 is 6.18 Å². The summed E-state index contributed by atoms with van der Waals surface area (Å²) in [5.74, 6) is -0.342. The van der Waals surface area contributed by atoms with Gasteiger partial charge in [0, 0.05) is 13.1 Å². The zero-order chi connectivity index (χ0) is 17.1. The fraction of sp³-hybridized carbons (Fsp3) is 0.867. The van der Waals surface area contributed by atoms with Crippen molar-refractivity contribution in [1.82, 2.24) is 10.2 Å². The predicted octanol–water partition coefficient (Wildman–Crippen LogP) is 1.72. The number of carbonyl (C=O) groups excluding carboxylic acids is 1. The monoisotopic (exact) mass is 333 g/mol. The van der Waals surface area contributed by atoms with Crippen molar-refractivity contribution in [3.63, 3.8) is 0 Å². The molecule has 0 unspecified atom stereocenters. The Morgan fingerprint density at radius 3 is 2.22 bits per heavy atom. The summed E-state index contributed by atoms with van der Waals surface area (Å²) in [6.07, 6.45) is -1.48. The van der Waals surface area contributed by atoms with Gasteiger partial charge in [-0.3, -0.25) is 9.69 Å². The molecule has 1 aliphatic carbocycles. The molecule has 0 radical (unpaired) electrons. The number of alkyl halides is 3. The molecule has 23 heavy (non-hydrogen) atoms. The number of hydrogen-bond acceptors (Lipinski definition) is 4. The van der Waals surface area contributed by atoms with Crippen LogP contribution in [-0.2, 0) is 4.79 Å². The van der Waals surface area contributed by atoms with Crippen LogP contribution in [0.5, 0.6) is 0 Å². The van der Waals surface area contributed by atoms with Crippen molar-refractivity contribution in [2.75, 3.05) is 19.6 Å². The first-order valence-electron chi connectivity index (χ1n) is 7.93. The van der Waals surface area contributed by atoms with Gasteiger partial charge < -0.3 is 10.4 Å². The summed E-state index contributed by atoms with van der Waals surface area (Å²) in [6, 6.07) is 2.18. The third kappa shape index (κ3) is 4.15. The Morgan fingerprint density at radius 1 is 1.17 bits per heavy atom. The van der Waals surface area contributed by atoms with E-state index in [0.29, 0.717) is 12.8 Å². The first-order valence-corrected chi connectivity index (χ1v) is 7.93. The molecule has 130 valence electrons. The van der Waals surface area contributed by atoms with Gasteiger partial charge in [-0.15, -0.1) is 0 Å². The van der Waals surface area contributed by atoms with E-state index in [4.69, 9.17) is 0 Å². The third-order valence-electron chi connectivity index (χ3n) is 4.88. The zero-order valence-corrected chi connectivity index (χ0v) is 13.0. The zero-order valence-electron chi connectivity index (χ0n) is 13.0. The minimum atomic E-state index is -4.64. The summed E-state index contributed by atoms with van der Waals surface area (Å²) in [5.41, 5.74) is -3.49.